The van der Waals surface area contributed by atoms with Gasteiger partial charge in [-0.15, -0.1) is 6.58 Å². The van der Waals surface area contributed by atoms with Crippen LogP contribution in [0.2, 0.25) is 0 Å². The van der Waals surface area contributed by atoms with Gasteiger partial charge in [0.2, 0.25) is 0 Å². The van der Waals surface area contributed by atoms with Crippen LogP contribution in [0.5, 0.6) is 0 Å². The molecule has 0 aromatic heterocycles. The molecule has 0 radical (unpaired) electrons. The van der Waals surface area contributed by atoms with Crippen molar-refractivity contribution in [3.05, 3.63) is 34.5 Å². The summed E-state index contributed by atoms with van der Waals surface area (Å²) in [6.07, 6.45) is 7.08. The van der Waals surface area contributed by atoms with E-state index in [2.05, 4.69) is 45.8 Å². The van der Waals surface area contributed by atoms with Crippen LogP contribution in [0.25, 0.3) is 0 Å². The zero-order valence-electron chi connectivity index (χ0n) is 13.9. The topological polar surface area (TPSA) is 29.3 Å². The molecule has 0 amide bonds. The molecule has 1 aliphatic heterocycles. The van der Waals surface area contributed by atoms with E-state index >= 15 is 0 Å². The molecule has 0 saturated heterocycles. The van der Waals surface area contributed by atoms with E-state index in [9.17, 15) is 4.39 Å². The third-order valence-electron chi connectivity index (χ3n) is 1.94. The molecule has 0 aromatic rings. The van der Waals surface area contributed by atoms with Crippen molar-refractivity contribution in [2.45, 2.75) is 33.2 Å². The zero-order chi connectivity index (χ0) is 16.4. The lowest BCUT2D eigenvalue weighted by Gasteiger charge is -2.16. The average molecular weight is 398 g/mol. The van der Waals surface area contributed by atoms with E-state index in [-0.39, 0.29) is 26.8 Å². The molecule has 1 heterocycles. The lowest BCUT2D eigenvalue weighted by Crippen LogP contribution is -2.28. The Hall–Kier alpha value is -0.330. The number of hydrogen-bond donors (Lipinski definition) is 1. The summed E-state index contributed by atoms with van der Waals surface area (Å²) in [7, 11) is 4.66. The minimum Gasteiger partial charge on any atom is -0.324 e. The van der Waals surface area contributed by atoms with Crippen LogP contribution >= 0.6 is 20.7 Å². The summed E-state index contributed by atoms with van der Waals surface area (Å²) in [4.78, 5) is 2.17. The molecule has 1 rings (SSSR count). The number of hydrogen-bond acceptors (Lipinski definition) is 2. The van der Waals surface area contributed by atoms with E-state index < -0.39 is 0 Å². The fourth-order valence-electron chi connectivity index (χ4n) is 1.10. The molecular weight excluding hydrogens is 366 g/mol. The fraction of sp³-hybridized carbons (Fsp3) is 0.562. The second-order valence-corrected chi connectivity index (χ2v) is 5.89. The van der Waals surface area contributed by atoms with Crippen LogP contribution in [0, 0.1) is 0 Å². The Labute approximate surface area is 135 Å². The van der Waals surface area contributed by atoms with Crippen LogP contribution in [0.1, 0.15) is 27.2 Å². The van der Waals surface area contributed by atoms with Gasteiger partial charge in [0, 0.05) is 6.04 Å². The quantitative estimate of drug-likeness (QED) is 0.565. The molecule has 2 nitrogen and oxygen atoms in total. The lowest BCUT2D eigenvalue weighted by molar-refractivity contribution is 0.391. The highest BCUT2D eigenvalue weighted by Crippen LogP contribution is 2.12. The molecule has 20 heavy (non-hydrogen) atoms. The van der Waals surface area contributed by atoms with E-state index in [1.807, 2.05) is 20.8 Å². The average Bonchev–Trinajstić information content (AvgIpc) is 2.50. The standard InChI is InChI=1S/C10H17IN2.C3H6.C2H6.CH3F/c1-13(2)7-5-10(12)9-4-3-6-11-8-9;1-3-2;2*1-2/h3-4,6,8,10H,5,7,12H2,1-2H3;3H,1H2,2H3;1-2H3;1H3. The summed E-state index contributed by atoms with van der Waals surface area (Å²) >= 11 is 0.146. The van der Waals surface area contributed by atoms with Gasteiger partial charge in [-0.3, -0.25) is 4.39 Å². The largest absolute Gasteiger partial charge is 0.324 e. The van der Waals surface area contributed by atoms with Gasteiger partial charge in [-0.25, -0.2) is 0 Å². The maximum Gasteiger partial charge on any atom is 0.0785 e. The molecule has 1 atom stereocenters. The molecule has 0 aromatic carbocycles. The van der Waals surface area contributed by atoms with Crippen molar-refractivity contribution >= 4 is 24.7 Å². The first-order chi connectivity index (χ1) is 9.61. The SMILES string of the molecule is C=CC.CC.CF.CN(C)CCC(N)C1=CC=CI=C1. The van der Waals surface area contributed by atoms with Crippen LogP contribution in [0.4, 0.5) is 4.39 Å². The molecule has 1 unspecified atom stereocenters. The highest BCUT2D eigenvalue weighted by atomic mass is 127. The van der Waals surface area contributed by atoms with Crippen molar-refractivity contribution in [2.24, 2.45) is 5.73 Å². The number of nitrogens with two attached hydrogens (primary N) is 1. The van der Waals surface area contributed by atoms with E-state index in [1.54, 1.807) is 6.08 Å². The first kappa shape index (κ1) is 24.7. The predicted octanol–water partition coefficient (Wildman–Crippen LogP) is 4.30. The van der Waals surface area contributed by atoms with Gasteiger partial charge in [0.15, 0.2) is 0 Å². The third kappa shape index (κ3) is 17.7. The first-order valence-electron chi connectivity index (χ1n) is 6.78. The highest BCUT2D eigenvalue weighted by Gasteiger charge is 2.07. The Balaban J connectivity index is -0.000000355. The second-order valence-electron chi connectivity index (χ2n) is 3.83. The highest BCUT2D eigenvalue weighted by molar-refractivity contribution is 14.2. The van der Waals surface area contributed by atoms with Gasteiger partial charge < -0.3 is 10.6 Å². The Bertz CT molecular complexity index is 284. The molecule has 0 bridgehead atoms. The van der Waals surface area contributed by atoms with Crippen LogP contribution in [-0.4, -0.2) is 42.8 Å². The Kier molecular flexibility index (Phi) is 25.9. The third-order valence-corrected chi connectivity index (χ3v) is 3.85. The van der Waals surface area contributed by atoms with E-state index in [0.717, 1.165) is 13.0 Å². The summed E-state index contributed by atoms with van der Waals surface area (Å²) in [6.45, 7) is 10.3. The molecule has 0 aliphatic carbocycles. The van der Waals surface area contributed by atoms with Crippen molar-refractivity contribution < 1.29 is 4.39 Å². The molecule has 0 spiro atoms. The van der Waals surface area contributed by atoms with Gasteiger partial charge in [-0.05, 0) is 47.7 Å². The van der Waals surface area contributed by atoms with Crippen molar-refractivity contribution in [1.29, 1.82) is 0 Å². The number of rotatable bonds is 4. The van der Waals surface area contributed by atoms with Crippen molar-refractivity contribution in [3.63, 3.8) is 0 Å². The summed E-state index contributed by atoms with van der Waals surface area (Å²) in [5.74, 6) is 0. The van der Waals surface area contributed by atoms with Crippen molar-refractivity contribution in [1.82, 2.24) is 4.90 Å². The maximum atomic E-state index is 9.50. The van der Waals surface area contributed by atoms with Gasteiger partial charge in [0.1, 0.15) is 0 Å². The Morgan fingerprint density at radius 1 is 1.40 bits per heavy atom. The fourth-order valence-corrected chi connectivity index (χ4v) is 2.84. The summed E-state index contributed by atoms with van der Waals surface area (Å²) in [6, 6.07) is 0.229. The molecule has 0 saturated carbocycles. The molecule has 1 aliphatic rings. The molecule has 120 valence electrons. The van der Waals surface area contributed by atoms with Gasteiger partial charge >= 0.3 is 0 Å². The van der Waals surface area contributed by atoms with E-state index in [0.29, 0.717) is 7.18 Å². The summed E-state index contributed by atoms with van der Waals surface area (Å²) in [5, 5.41) is 0. The Morgan fingerprint density at radius 2 is 1.90 bits per heavy atom. The van der Waals surface area contributed by atoms with Crippen molar-refractivity contribution in [2.75, 3.05) is 27.8 Å². The van der Waals surface area contributed by atoms with Crippen LogP contribution < -0.4 is 5.73 Å². The smallest absolute Gasteiger partial charge is 0.0785 e. The molecule has 0 fully saturated rings. The van der Waals surface area contributed by atoms with Gasteiger partial charge in [0.25, 0.3) is 0 Å². The number of nitrogens with zero attached hydrogens (tertiary/aromatic N) is 1. The van der Waals surface area contributed by atoms with Gasteiger partial charge in [-0.1, -0.05) is 52.8 Å². The molecule has 4 heteroatoms. The van der Waals surface area contributed by atoms with Crippen LogP contribution in [-0.2, 0) is 0 Å². The van der Waals surface area contributed by atoms with E-state index in [4.69, 9.17) is 5.73 Å². The number of halogens is 2. The van der Waals surface area contributed by atoms with Gasteiger partial charge in [-0.2, -0.15) is 0 Å². The molecule has 2 N–H and O–H groups in total. The normalized spacial score (nSPS) is 13.2. The lowest BCUT2D eigenvalue weighted by atomic mass is 10.1. The van der Waals surface area contributed by atoms with E-state index in [1.165, 1.54) is 5.57 Å². The zero-order valence-corrected chi connectivity index (χ0v) is 16.0. The predicted molar refractivity (Wildman–Crippen MR) is 103 cm³/mol. The second kappa shape index (κ2) is 21.0. The van der Waals surface area contributed by atoms with Crippen LogP contribution in [0.15, 0.2) is 34.5 Å². The summed E-state index contributed by atoms with van der Waals surface area (Å²) < 4.78 is 14.1. The monoisotopic (exact) mass is 398 g/mol. The van der Waals surface area contributed by atoms with Crippen molar-refractivity contribution in [3.8, 4) is 0 Å². The van der Waals surface area contributed by atoms with Crippen LogP contribution in [0.3, 0.4) is 0 Å². The number of allylic oxidation sites excluding steroid dienone is 3. The maximum absolute atomic E-state index is 9.50. The minimum absolute atomic E-state index is 0.146. The Morgan fingerprint density at radius 3 is 2.25 bits per heavy atom. The number of alkyl halides is 1. The van der Waals surface area contributed by atoms with Gasteiger partial charge in [0.05, 0.1) is 7.18 Å². The minimum atomic E-state index is 0.146. The summed E-state index contributed by atoms with van der Waals surface area (Å²) in [5.41, 5.74) is 7.38. The molecular formula is C16H32FIN2. The first-order valence-corrected chi connectivity index (χ1v) is 9.28.